The van der Waals surface area contributed by atoms with Crippen molar-refractivity contribution in [3.8, 4) is 0 Å². The molecule has 5 N–H and O–H groups in total. The van der Waals surface area contributed by atoms with E-state index in [4.69, 9.17) is 5.11 Å². The van der Waals surface area contributed by atoms with Crippen molar-refractivity contribution in [3.05, 3.63) is 0 Å². The SMILES string of the molecule is C[C@@H](CCC(=O)NCC(=O)O)[C@H]1CC[C@H]2[C@@H]3[C@H](O)C[C@H]4C[C@H](O)CC[C@]4(C)[C@H]3C[C@H](O)[C@]12C. The predicted octanol–water partition coefficient (Wildman–Crippen LogP) is 2.56. The summed E-state index contributed by atoms with van der Waals surface area (Å²) in [5.74, 6) is 0.265. The number of amides is 1. The number of fused-ring (bicyclic) bond motifs is 5. The first-order valence-corrected chi connectivity index (χ1v) is 13.0. The molecule has 0 aromatic heterocycles. The fraction of sp³-hybridized carbons (Fsp3) is 0.923. The van der Waals surface area contributed by atoms with Crippen molar-refractivity contribution in [3.63, 3.8) is 0 Å². The normalized spacial score (nSPS) is 47.7. The molecular weight excluding hydrogens is 422 g/mol. The van der Waals surface area contributed by atoms with Crippen LogP contribution in [0.1, 0.15) is 78.6 Å². The molecule has 7 nitrogen and oxygen atoms in total. The summed E-state index contributed by atoms with van der Waals surface area (Å²) in [6.07, 6.45) is 5.86. The van der Waals surface area contributed by atoms with Gasteiger partial charge in [0.15, 0.2) is 0 Å². The number of aliphatic hydroxyl groups is 3. The molecule has 4 aliphatic rings. The zero-order valence-corrected chi connectivity index (χ0v) is 20.4. The third kappa shape index (κ3) is 4.23. The van der Waals surface area contributed by atoms with Crippen LogP contribution in [0, 0.1) is 46.3 Å². The Labute approximate surface area is 197 Å². The fourth-order valence-electron chi connectivity index (χ4n) is 8.95. The molecule has 0 saturated heterocycles. The van der Waals surface area contributed by atoms with Gasteiger partial charge in [-0.1, -0.05) is 20.8 Å². The second-order valence-electron chi connectivity index (χ2n) is 12.2. The van der Waals surface area contributed by atoms with E-state index in [9.17, 15) is 24.9 Å². The van der Waals surface area contributed by atoms with Gasteiger partial charge in [0.05, 0.1) is 18.3 Å². The van der Waals surface area contributed by atoms with Crippen molar-refractivity contribution in [2.45, 2.75) is 96.9 Å². The highest BCUT2D eigenvalue weighted by Crippen LogP contribution is 2.68. The number of aliphatic hydroxyl groups excluding tert-OH is 3. The van der Waals surface area contributed by atoms with Gasteiger partial charge in [0.2, 0.25) is 5.91 Å². The maximum absolute atomic E-state index is 12.0. The Kier molecular flexibility index (Phi) is 6.89. The van der Waals surface area contributed by atoms with Gasteiger partial charge < -0.3 is 25.7 Å². The molecule has 0 radical (unpaired) electrons. The first-order chi connectivity index (χ1) is 15.5. The quantitative estimate of drug-likeness (QED) is 0.410. The monoisotopic (exact) mass is 465 g/mol. The van der Waals surface area contributed by atoms with Gasteiger partial charge >= 0.3 is 5.97 Å². The summed E-state index contributed by atoms with van der Waals surface area (Å²) in [7, 11) is 0. The molecule has 0 bridgehead atoms. The van der Waals surface area contributed by atoms with Crippen molar-refractivity contribution < 1.29 is 30.0 Å². The lowest BCUT2D eigenvalue weighted by atomic mass is 9.43. The van der Waals surface area contributed by atoms with Gasteiger partial charge in [-0.2, -0.15) is 0 Å². The Balaban J connectivity index is 1.49. The topological polar surface area (TPSA) is 127 Å². The van der Waals surface area contributed by atoms with E-state index in [1.165, 1.54) is 0 Å². The van der Waals surface area contributed by atoms with Crippen LogP contribution < -0.4 is 5.32 Å². The van der Waals surface area contributed by atoms with Crippen molar-refractivity contribution in [2.75, 3.05) is 6.54 Å². The second-order valence-corrected chi connectivity index (χ2v) is 12.2. The van der Waals surface area contributed by atoms with Crippen molar-refractivity contribution in [1.82, 2.24) is 5.32 Å². The number of nitrogens with one attached hydrogen (secondary N) is 1. The lowest BCUT2D eigenvalue weighted by Crippen LogP contribution is -2.62. The molecule has 188 valence electrons. The molecule has 4 aliphatic carbocycles. The first-order valence-electron chi connectivity index (χ1n) is 13.0. The third-order valence-corrected chi connectivity index (χ3v) is 10.8. The number of hydrogen-bond acceptors (Lipinski definition) is 5. The van der Waals surface area contributed by atoms with E-state index < -0.39 is 12.1 Å². The number of rotatable bonds is 6. The molecule has 0 spiro atoms. The molecule has 0 aromatic carbocycles. The molecule has 11 atom stereocenters. The summed E-state index contributed by atoms with van der Waals surface area (Å²) in [6, 6.07) is 0. The summed E-state index contributed by atoms with van der Waals surface area (Å²) >= 11 is 0. The summed E-state index contributed by atoms with van der Waals surface area (Å²) < 4.78 is 0. The van der Waals surface area contributed by atoms with Gasteiger partial charge in [-0.05, 0) is 97.7 Å². The van der Waals surface area contributed by atoms with Crippen molar-refractivity contribution >= 4 is 11.9 Å². The standard InChI is InChI=1S/C26H43NO6/c1-14(4-7-22(31)27-13-23(32)33)17-5-6-18-24-19(12-21(30)26(17,18)3)25(2)9-8-16(28)10-15(25)11-20(24)29/h14-21,24,28-30H,4-13H2,1-3H3,(H,27,31)(H,32,33)/t14-,15+,16+,17+,18-,19-,20+,21-,24-,25-,26+/m0/s1. The Morgan fingerprint density at radius 3 is 2.45 bits per heavy atom. The second kappa shape index (κ2) is 9.12. The zero-order chi connectivity index (χ0) is 24.1. The Morgan fingerprint density at radius 1 is 1.03 bits per heavy atom. The summed E-state index contributed by atoms with van der Waals surface area (Å²) in [5, 5.41) is 44.4. The average molecular weight is 466 g/mol. The van der Waals surface area contributed by atoms with E-state index in [0.29, 0.717) is 25.2 Å². The van der Waals surface area contributed by atoms with Crippen LogP contribution in [-0.2, 0) is 9.59 Å². The van der Waals surface area contributed by atoms with Crippen LogP contribution in [0.4, 0.5) is 0 Å². The molecule has 0 aliphatic heterocycles. The highest BCUT2D eigenvalue weighted by Gasteiger charge is 2.65. The van der Waals surface area contributed by atoms with Crippen LogP contribution in [0.3, 0.4) is 0 Å². The number of carboxylic acids is 1. The minimum absolute atomic E-state index is 0.0668. The lowest BCUT2D eigenvalue weighted by molar-refractivity contribution is -0.207. The molecule has 4 fully saturated rings. The molecule has 7 heteroatoms. The average Bonchev–Trinajstić information content (AvgIpc) is 3.11. The van der Waals surface area contributed by atoms with Gasteiger partial charge in [-0.15, -0.1) is 0 Å². The van der Waals surface area contributed by atoms with E-state index >= 15 is 0 Å². The molecule has 0 unspecified atom stereocenters. The summed E-state index contributed by atoms with van der Waals surface area (Å²) in [6.45, 7) is 6.35. The van der Waals surface area contributed by atoms with Crippen molar-refractivity contribution in [1.29, 1.82) is 0 Å². The molecule has 4 saturated carbocycles. The van der Waals surface area contributed by atoms with Gasteiger partial charge in [0.1, 0.15) is 6.54 Å². The van der Waals surface area contributed by atoms with Crippen LogP contribution in [0.5, 0.6) is 0 Å². The predicted molar refractivity (Wildman–Crippen MR) is 123 cm³/mol. The molecule has 0 aromatic rings. The third-order valence-electron chi connectivity index (χ3n) is 10.8. The minimum atomic E-state index is -1.04. The zero-order valence-electron chi connectivity index (χ0n) is 20.4. The molecule has 33 heavy (non-hydrogen) atoms. The van der Waals surface area contributed by atoms with Gasteiger partial charge in [-0.25, -0.2) is 0 Å². The van der Waals surface area contributed by atoms with Gasteiger partial charge in [0, 0.05) is 6.42 Å². The highest BCUT2D eigenvalue weighted by molar-refractivity contribution is 5.81. The van der Waals surface area contributed by atoms with Crippen LogP contribution in [0.2, 0.25) is 0 Å². The molecular formula is C26H43NO6. The van der Waals surface area contributed by atoms with E-state index in [2.05, 4.69) is 26.1 Å². The molecule has 4 rings (SSSR count). The largest absolute Gasteiger partial charge is 0.480 e. The Hall–Kier alpha value is -1.18. The van der Waals surface area contributed by atoms with Gasteiger partial charge in [0.25, 0.3) is 0 Å². The van der Waals surface area contributed by atoms with Crippen LogP contribution >= 0.6 is 0 Å². The van der Waals surface area contributed by atoms with Crippen molar-refractivity contribution in [2.24, 2.45) is 46.3 Å². The van der Waals surface area contributed by atoms with E-state index in [-0.39, 0.29) is 65.1 Å². The summed E-state index contributed by atoms with van der Waals surface area (Å²) in [5.41, 5.74) is -0.214. The number of aliphatic carboxylic acids is 1. The van der Waals surface area contributed by atoms with E-state index in [0.717, 1.165) is 38.5 Å². The van der Waals surface area contributed by atoms with E-state index in [1.807, 2.05) is 0 Å². The first kappa shape index (κ1) is 24.9. The fourth-order valence-corrected chi connectivity index (χ4v) is 8.95. The van der Waals surface area contributed by atoms with Crippen LogP contribution in [-0.4, -0.2) is 57.2 Å². The highest BCUT2D eigenvalue weighted by atomic mass is 16.4. The lowest BCUT2D eigenvalue weighted by Gasteiger charge is -2.63. The van der Waals surface area contributed by atoms with E-state index in [1.54, 1.807) is 0 Å². The van der Waals surface area contributed by atoms with Crippen LogP contribution in [0.15, 0.2) is 0 Å². The smallest absolute Gasteiger partial charge is 0.322 e. The summed E-state index contributed by atoms with van der Waals surface area (Å²) in [4.78, 5) is 22.7. The Bertz CT molecular complexity index is 759. The molecule has 1 amide bonds. The number of carboxylic acid groups (broad SMARTS) is 1. The maximum atomic E-state index is 12.0. The number of carbonyl (C=O) groups is 2. The Morgan fingerprint density at radius 2 is 1.76 bits per heavy atom. The van der Waals surface area contributed by atoms with Crippen LogP contribution in [0.25, 0.3) is 0 Å². The minimum Gasteiger partial charge on any atom is -0.480 e. The molecule has 0 heterocycles. The number of hydrogen-bond donors (Lipinski definition) is 5. The maximum Gasteiger partial charge on any atom is 0.322 e. The number of carbonyl (C=O) groups excluding carboxylic acids is 1. The van der Waals surface area contributed by atoms with Gasteiger partial charge in [-0.3, -0.25) is 9.59 Å².